The number of amides is 1. The molecule has 7 nitrogen and oxygen atoms in total. The average molecular weight is 395 g/mol. The van der Waals surface area contributed by atoms with E-state index in [4.69, 9.17) is 14.1 Å². The molecule has 3 rings (SSSR count). The molecule has 152 valence electrons. The largest absolute Gasteiger partial charge is 0.494 e. The third-order valence-electron chi connectivity index (χ3n) is 4.36. The number of hydrogen-bond acceptors (Lipinski definition) is 6. The highest BCUT2D eigenvalue weighted by Gasteiger charge is 2.21. The molecule has 0 spiro atoms. The van der Waals surface area contributed by atoms with E-state index in [0.29, 0.717) is 18.1 Å². The summed E-state index contributed by atoms with van der Waals surface area (Å²) >= 11 is 0. The lowest BCUT2D eigenvalue weighted by Gasteiger charge is -2.15. The normalized spacial score (nSPS) is 11.8. The van der Waals surface area contributed by atoms with Crippen molar-refractivity contribution < 1.29 is 18.9 Å². The van der Waals surface area contributed by atoms with Gasteiger partial charge in [-0.1, -0.05) is 6.07 Å². The Balaban J connectivity index is 1.73. The molecule has 0 saturated heterocycles. The first-order valence-electron chi connectivity index (χ1n) is 9.49. The lowest BCUT2D eigenvalue weighted by molar-refractivity contribution is -0.122. The van der Waals surface area contributed by atoms with Gasteiger partial charge in [0.25, 0.3) is 5.91 Å². The molecule has 7 heteroatoms. The average Bonchev–Trinajstić information content (AvgIpc) is 3.10. The number of benzene rings is 2. The van der Waals surface area contributed by atoms with E-state index < -0.39 is 6.10 Å². The van der Waals surface area contributed by atoms with E-state index in [0.717, 1.165) is 28.0 Å². The number of rotatable bonds is 7. The highest BCUT2D eigenvalue weighted by molar-refractivity contribution is 5.96. The maximum Gasteiger partial charge on any atom is 0.266 e. The Morgan fingerprint density at radius 2 is 1.83 bits per heavy atom. The SMILES string of the molecule is CCOc1ccc(-c2nonc2NC(=O)C(C)Oc2cc(C)cc(C)c2)cc1C. The minimum absolute atomic E-state index is 0.245. The van der Waals surface area contributed by atoms with Crippen LogP contribution in [-0.4, -0.2) is 28.9 Å². The Labute approximate surface area is 170 Å². The molecule has 1 heterocycles. The number of aryl methyl sites for hydroxylation is 3. The van der Waals surface area contributed by atoms with Crippen LogP contribution in [0.25, 0.3) is 11.3 Å². The van der Waals surface area contributed by atoms with E-state index in [1.807, 2.05) is 64.1 Å². The Kier molecular flexibility index (Phi) is 6.16. The van der Waals surface area contributed by atoms with Crippen molar-refractivity contribution in [3.63, 3.8) is 0 Å². The highest BCUT2D eigenvalue weighted by Crippen LogP contribution is 2.29. The number of nitrogens with zero attached hydrogens (tertiary/aromatic N) is 2. The molecule has 0 aliphatic rings. The number of carbonyl (C=O) groups excluding carboxylic acids is 1. The zero-order chi connectivity index (χ0) is 21.0. The Bertz CT molecular complexity index is 993. The van der Waals surface area contributed by atoms with Crippen molar-refractivity contribution in [3.05, 3.63) is 53.1 Å². The second-order valence-corrected chi connectivity index (χ2v) is 6.95. The van der Waals surface area contributed by atoms with E-state index in [1.54, 1.807) is 6.92 Å². The van der Waals surface area contributed by atoms with Gasteiger partial charge >= 0.3 is 0 Å². The quantitative estimate of drug-likeness (QED) is 0.635. The highest BCUT2D eigenvalue weighted by atomic mass is 16.6. The molecule has 1 N–H and O–H groups in total. The maximum atomic E-state index is 12.6. The van der Waals surface area contributed by atoms with Gasteiger partial charge in [-0.2, -0.15) is 0 Å². The van der Waals surface area contributed by atoms with E-state index in [9.17, 15) is 4.79 Å². The van der Waals surface area contributed by atoms with Gasteiger partial charge in [-0.25, -0.2) is 4.63 Å². The number of ether oxygens (including phenoxy) is 2. The van der Waals surface area contributed by atoms with Gasteiger partial charge in [0.15, 0.2) is 11.8 Å². The molecule has 1 unspecified atom stereocenters. The molecule has 0 radical (unpaired) electrons. The molecule has 0 saturated carbocycles. The Morgan fingerprint density at radius 1 is 1.10 bits per heavy atom. The zero-order valence-electron chi connectivity index (χ0n) is 17.3. The van der Waals surface area contributed by atoms with Crippen molar-refractivity contribution in [3.8, 4) is 22.8 Å². The number of hydrogen-bond donors (Lipinski definition) is 1. The van der Waals surface area contributed by atoms with Crippen LogP contribution in [-0.2, 0) is 4.79 Å². The predicted octanol–water partition coefficient (Wildman–Crippen LogP) is 4.47. The molecule has 0 fully saturated rings. The van der Waals surface area contributed by atoms with E-state index >= 15 is 0 Å². The second-order valence-electron chi connectivity index (χ2n) is 6.95. The van der Waals surface area contributed by atoms with Gasteiger partial charge in [0.1, 0.15) is 11.5 Å². The van der Waals surface area contributed by atoms with Gasteiger partial charge in [-0.05, 0) is 92.0 Å². The first-order valence-corrected chi connectivity index (χ1v) is 9.49. The predicted molar refractivity (Wildman–Crippen MR) is 110 cm³/mol. The van der Waals surface area contributed by atoms with Crippen molar-refractivity contribution in [1.29, 1.82) is 0 Å². The lowest BCUT2D eigenvalue weighted by Crippen LogP contribution is -2.30. The summed E-state index contributed by atoms with van der Waals surface area (Å²) in [6.07, 6.45) is -0.720. The molecule has 3 aromatic rings. The van der Waals surface area contributed by atoms with Gasteiger partial charge in [0.2, 0.25) is 5.82 Å². The molecule has 2 aromatic carbocycles. The van der Waals surface area contributed by atoms with Gasteiger partial charge < -0.3 is 14.8 Å². The van der Waals surface area contributed by atoms with Crippen LogP contribution in [0.4, 0.5) is 5.82 Å². The first-order chi connectivity index (χ1) is 13.9. The van der Waals surface area contributed by atoms with Crippen molar-refractivity contribution in [1.82, 2.24) is 10.3 Å². The molecule has 0 aliphatic carbocycles. The van der Waals surface area contributed by atoms with Crippen LogP contribution in [0.2, 0.25) is 0 Å². The summed E-state index contributed by atoms with van der Waals surface area (Å²) in [7, 11) is 0. The van der Waals surface area contributed by atoms with Gasteiger partial charge in [0.05, 0.1) is 6.61 Å². The van der Waals surface area contributed by atoms with Gasteiger partial charge in [0, 0.05) is 5.56 Å². The number of nitrogens with one attached hydrogen (secondary N) is 1. The summed E-state index contributed by atoms with van der Waals surface area (Å²) in [5, 5.41) is 10.5. The van der Waals surface area contributed by atoms with Crippen LogP contribution < -0.4 is 14.8 Å². The second kappa shape index (κ2) is 8.77. The molecular weight excluding hydrogens is 370 g/mol. The zero-order valence-corrected chi connectivity index (χ0v) is 17.3. The summed E-state index contributed by atoms with van der Waals surface area (Å²) in [6.45, 7) is 10.1. The minimum atomic E-state index is -0.720. The summed E-state index contributed by atoms with van der Waals surface area (Å²) in [5.41, 5.74) is 4.31. The van der Waals surface area contributed by atoms with Crippen LogP contribution in [0.5, 0.6) is 11.5 Å². The molecule has 0 aliphatic heterocycles. The van der Waals surface area contributed by atoms with Crippen LogP contribution in [0.1, 0.15) is 30.5 Å². The third kappa shape index (κ3) is 4.93. The van der Waals surface area contributed by atoms with E-state index in [2.05, 4.69) is 15.6 Å². The van der Waals surface area contributed by atoms with Crippen molar-refractivity contribution in [2.24, 2.45) is 0 Å². The molecular formula is C22H25N3O4. The van der Waals surface area contributed by atoms with E-state index in [1.165, 1.54) is 0 Å². The lowest BCUT2D eigenvalue weighted by atomic mass is 10.1. The number of carbonyl (C=O) groups is 1. The molecule has 0 bridgehead atoms. The molecule has 29 heavy (non-hydrogen) atoms. The van der Waals surface area contributed by atoms with Crippen LogP contribution >= 0.6 is 0 Å². The molecule has 1 atom stereocenters. The van der Waals surface area contributed by atoms with Crippen LogP contribution in [0.15, 0.2) is 41.0 Å². The fourth-order valence-electron chi connectivity index (χ4n) is 3.05. The maximum absolute atomic E-state index is 12.6. The summed E-state index contributed by atoms with van der Waals surface area (Å²) < 4.78 is 16.2. The number of anilines is 1. The summed E-state index contributed by atoms with van der Waals surface area (Å²) in [4.78, 5) is 12.6. The van der Waals surface area contributed by atoms with Crippen molar-refractivity contribution >= 4 is 11.7 Å². The van der Waals surface area contributed by atoms with E-state index in [-0.39, 0.29) is 11.7 Å². The van der Waals surface area contributed by atoms with Crippen LogP contribution in [0, 0.1) is 20.8 Å². The summed E-state index contributed by atoms with van der Waals surface area (Å²) in [6, 6.07) is 11.5. The topological polar surface area (TPSA) is 86.5 Å². The van der Waals surface area contributed by atoms with Crippen molar-refractivity contribution in [2.75, 3.05) is 11.9 Å². The standard InChI is InChI=1S/C22H25N3O4/c1-6-27-19-8-7-17(12-15(19)4)20-21(25-29-24-20)23-22(26)16(5)28-18-10-13(2)9-14(3)11-18/h7-12,16H,6H2,1-5H3,(H,23,25,26). The fraction of sp³-hybridized carbons (Fsp3) is 0.318. The monoisotopic (exact) mass is 395 g/mol. The first kappa shape index (κ1) is 20.4. The fourth-order valence-corrected chi connectivity index (χ4v) is 3.05. The van der Waals surface area contributed by atoms with Gasteiger partial charge in [-0.15, -0.1) is 0 Å². The third-order valence-corrected chi connectivity index (χ3v) is 4.36. The molecule has 1 amide bonds. The van der Waals surface area contributed by atoms with Crippen LogP contribution in [0.3, 0.4) is 0 Å². The molecule has 1 aromatic heterocycles. The number of aromatic nitrogens is 2. The van der Waals surface area contributed by atoms with Gasteiger partial charge in [-0.3, -0.25) is 4.79 Å². The Hall–Kier alpha value is -3.35. The Morgan fingerprint density at radius 3 is 2.48 bits per heavy atom. The summed E-state index contributed by atoms with van der Waals surface area (Å²) in [5.74, 6) is 1.35. The minimum Gasteiger partial charge on any atom is -0.494 e. The smallest absolute Gasteiger partial charge is 0.266 e. The van der Waals surface area contributed by atoms with Crippen molar-refractivity contribution in [2.45, 2.75) is 40.7 Å².